The number of alkyl halides is 3. The van der Waals surface area contributed by atoms with Crippen LogP contribution >= 0.6 is 12.2 Å². The molecule has 106 valence electrons. The Morgan fingerprint density at radius 1 is 1.39 bits per heavy atom. The highest BCUT2D eigenvalue weighted by Crippen LogP contribution is 2.35. The van der Waals surface area contributed by atoms with Crippen molar-refractivity contribution in [3.05, 3.63) is 0 Å². The Bertz CT molecular complexity index is 309. The maximum absolute atomic E-state index is 12.8. The molecule has 1 aliphatic heterocycles. The summed E-state index contributed by atoms with van der Waals surface area (Å²) < 4.78 is 38.3. The molecule has 0 aromatic heterocycles. The summed E-state index contributed by atoms with van der Waals surface area (Å²) in [5.41, 5.74) is 5.34. The van der Waals surface area contributed by atoms with Crippen LogP contribution in [0.2, 0.25) is 0 Å². The second-order valence-corrected chi connectivity index (χ2v) is 6.58. The number of rotatable bonds is 3. The first-order valence-electron chi connectivity index (χ1n) is 6.10. The third kappa shape index (κ3) is 4.09. The van der Waals surface area contributed by atoms with Crippen LogP contribution in [0.4, 0.5) is 13.2 Å². The first-order chi connectivity index (χ1) is 8.01. The van der Waals surface area contributed by atoms with Crippen molar-refractivity contribution in [3.8, 4) is 0 Å². The molecule has 2 unspecified atom stereocenters. The fraction of sp³-hybridized carbons (Fsp3) is 0.917. The quantitative estimate of drug-likeness (QED) is 0.807. The Labute approximate surface area is 112 Å². The van der Waals surface area contributed by atoms with Gasteiger partial charge in [0.05, 0.1) is 4.99 Å². The number of nitrogens with zero attached hydrogens (tertiary/aromatic N) is 1. The smallest absolute Gasteiger partial charge is 0.393 e. The molecule has 0 aromatic carbocycles. The monoisotopic (exact) mass is 282 g/mol. The number of likely N-dealkylation sites (tertiary alicyclic amines) is 1. The van der Waals surface area contributed by atoms with E-state index < -0.39 is 17.1 Å². The molecule has 2 nitrogen and oxygen atoms in total. The van der Waals surface area contributed by atoms with Gasteiger partial charge < -0.3 is 10.6 Å². The normalized spacial score (nSPS) is 24.2. The molecule has 0 aromatic rings. The Balaban J connectivity index is 2.61. The van der Waals surface area contributed by atoms with Crippen molar-refractivity contribution in [2.24, 2.45) is 23.0 Å². The van der Waals surface area contributed by atoms with Gasteiger partial charge in [0.15, 0.2) is 0 Å². The van der Waals surface area contributed by atoms with Crippen LogP contribution in [0.1, 0.15) is 27.2 Å². The molecular formula is C12H21F3N2S. The highest BCUT2D eigenvalue weighted by molar-refractivity contribution is 7.80. The number of nitrogens with two attached hydrogens (primary N) is 1. The minimum absolute atomic E-state index is 0.106. The molecule has 2 N–H and O–H groups in total. The van der Waals surface area contributed by atoms with E-state index in [0.29, 0.717) is 19.0 Å². The summed E-state index contributed by atoms with van der Waals surface area (Å²) in [5.74, 6) is -1.26. The average molecular weight is 282 g/mol. The summed E-state index contributed by atoms with van der Waals surface area (Å²) in [6, 6.07) is 0. The summed E-state index contributed by atoms with van der Waals surface area (Å²) in [4.78, 5) is 1.37. The molecule has 0 bridgehead atoms. The first-order valence-corrected chi connectivity index (χ1v) is 6.51. The first kappa shape index (κ1) is 15.7. The molecule has 1 fully saturated rings. The van der Waals surface area contributed by atoms with Crippen molar-refractivity contribution in [2.45, 2.75) is 33.4 Å². The van der Waals surface area contributed by atoms with Gasteiger partial charge >= 0.3 is 6.18 Å². The molecule has 6 heteroatoms. The van der Waals surface area contributed by atoms with Crippen LogP contribution in [0, 0.1) is 17.3 Å². The summed E-state index contributed by atoms with van der Waals surface area (Å²) >= 11 is 4.53. The summed E-state index contributed by atoms with van der Waals surface area (Å²) in [5, 5.41) is 0. The zero-order chi connectivity index (χ0) is 14.1. The van der Waals surface area contributed by atoms with Crippen molar-refractivity contribution < 1.29 is 13.2 Å². The summed E-state index contributed by atoms with van der Waals surface area (Å²) in [6.45, 7) is 7.64. The van der Waals surface area contributed by atoms with Crippen LogP contribution in [0.25, 0.3) is 0 Å². The average Bonchev–Trinajstić information content (AvgIpc) is 2.58. The standard InChI is InChI=1S/C12H21F3N2S/c1-11(2,3)8-4-5-17(6-8)7-9(10(16)18)12(13,14)15/h8-9H,4-7H2,1-3H3,(H2,16,18). The molecule has 2 atom stereocenters. The molecular weight excluding hydrogens is 261 g/mol. The molecule has 0 spiro atoms. The zero-order valence-electron chi connectivity index (χ0n) is 11.0. The van der Waals surface area contributed by atoms with Gasteiger partial charge in [0.25, 0.3) is 0 Å². The van der Waals surface area contributed by atoms with Gasteiger partial charge in [0.2, 0.25) is 0 Å². The van der Waals surface area contributed by atoms with Crippen LogP contribution < -0.4 is 5.73 Å². The van der Waals surface area contributed by atoms with Crippen LogP contribution in [0.5, 0.6) is 0 Å². The van der Waals surface area contributed by atoms with Gasteiger partial charge in [-0.3, -0.25) is 0 Å². The molecule has 1 saturated heterocycles. The van der Waals surface area contributed by atoms with E-state index in [1.54, 1.807) is 0 Å². The van der Waals surface area contributed by atoms with E-state index in [2.05, 4.69) is 33.0 Å². The number of halogens is 3. The SMILES string of the molecule is CC(C)(C)C1CCN(CC(C(N)=S)C(F)(F)F)C1. The molecule has 1 heterocycles. The van der Waals surface area contributed by atoms with Gasteiger partial charge in [-0.05, 0) is 24.3 Å². The third-order valence-electron chi connectivity index (χ3n) is 3.68. The fourth-order valence-electron chi connectivity index (χ4n) is 2.32. The summed E-state index contributed by atoms with van der Waals surface area (Å²) in [7, 11) is 0. The number of hydrogen-bond acceptors (Lipinski definition) is 2. The fourth-order valence-corrected chi connectivity index (χ4v) is 2.53. The lowest BCUT2D eigenvalue weighted by Gasteiger charge is -2.28. The second-order valence-electron chi connectivity index (χ2n) is 6.11. The highest BCUT2D eigenvalue weighted by atomic mass is 32.1. The zero-order valence-corrected chi connectivity index (χ0v) is 11.9. The topological polar surface area (TPSA) is 29.3 Å². The minimum atomic E-state index is -4.34. The molecule has 18 heavy (non-hydrogen) atoms. The molecule has 0 radical (unpaired) electrons. The summed E-state index contributed by atoms with van der Waals surface area (Å²) in [6.07, 6.45) is -3.41. The van der Waals surface area contributed by atoms with Gasteiger partial charge in [-0.25, -0.2) is 0 Å². The third-order valence-corrected chi connectivity index (χ3v) is 3.96. The van der Waals surface area contributed by atoms with Gasteiger partial charge in [-0.15, -0.1) is 0 Å². The van der Waals surface area contributed by atoms with E-state index in [1.807, 2.05) is 4.90 Å². The maximum Gasteiger partial charge on any atom is 0.399 e. The van der Waals surface area contributed by atoms with E-state index in [1.165, 1.54) is 0 Å². The second kappa shape index (κ2) is 5.33. The molecule has 0 aliphatic carbocycles. The molecule has 0 saturated carbocycles. The van der Waals surface area contributed by atoms with E-state index in [9.17, 15) is 13.2 Å². The van der Waals surface area contributed by atoms with Crippen molar-refractivity contribution in [1.29, 1.82) is 0 Å². The predicted molar refractivity (Wildman–Crippen MR) is 70.3 cm³/mol. The van der Waals surface area contributed by atoms with Crippen molar-refractivity contribution in [1.82, 2.24) is 4.90 Å². The van der Waals surface area contributed by atoms with Crippen LogP contribution in [-0.4, -0.2) is 35.7 Å². The van der Waals surface area contributed by atoms with Crippen molar-refractivity contribution in [2.75, 3.05) is 19.6 Å². The van der Waals surface area contributed by atoms with E-state index in [-0.39, 0.29) is 12.0 Å². The van der Waals surface area contributed by atoms with Gasteiger partial charge in [0.1, 0.15) is 5.92 Å². The highest BCUT2D eigenvalue weighted by Gasteiger charge is 2.44. The van der Waals surface area contributed by atoms with Gasteiger partial charge in [0, 0.05) is 13.1 Å². The Morgan fingerprint density at radius 2 is 1.94 bits per heavy atom. The Morgan fingerprint density at radius 3 is 2.28 bits per heavy atom. The minimum Gasteiger partial charge on any atom is -0.393 e. The number of hydrogen-bond donors (Lipinski definition) is 1. The predicted octanol–water partition coefficient (Wildman–Crippen LogP) is 2.82. The van der Waals surface area contributed by atoms with Crippen LogP contribution in [-0.2, 0) is 0 Å². The lowest BCUT2D eigenvalue weighted by molar-refractivity contribution is -0.158. The lowest BCUT2D eigenvalue weighted by atomic mass is 9.80. The van der Waals surface area contributed by atoms with Gasteiger partial charge in [-0.2, -0.15) is 13.2 Å². The largest absolute Gasteiger partial charge is 0.399 e. The maximum atomic E-state index is 12.8. The van der Waals surface area contributed by atoms with Crippen LogP contribution in [0.3, 0.4) is 0 Å². The van der Waals surface area contributed by atoms with E-state index in [0.717, 1.165) is 6.42 Å². The van der Waals surface area contributed by atoms with E-state index in [4.69, 9.17) is 5.73 Å². The Hall–Kier alpha value is -0.360. The molecule has 1 aliphatic rings. The van der Waals surface area contributed by atoms with Crippen molar-refractivity contribution in [3.63, 3.8) is 0 Å². The Kier molecular flexibility index (Phi) is 4.65. The van der Waals surface area contributed by atoms with Crippen molar-refractivity contribution >= 4 is 17.2 Å². The number of thiocarbonyl (C=S) groups is 1. The van der Waals surface area contributed by atoms with Gasteiger partial charge in [-0.1, -0.05) is 33.0 Å². The molecule has 0 amide bonds. The van der Waals surface area contributed by atoms with Crippen LogP contribution in [0.15, 0.2) is 0 Å². The van der Waals surface area contributed by atoms with E-state index >= 15 is 0 Å². The lowest BCUT2D eigenvalue weighted by Crippen LogP contribution is -2.43. The molecule has 1 rings (SSSR count).